The number of hydrogen-bond donors (Lipinski definition) is 0. The van der Waals surface area contributed by atoms with Crippen LogP contribution in [0.1, 0.15) is 33.3 Å². The van der Waals surface area contributed by atoms with Gasteiger partial charge in [-0.3, -0.25) is 0 Å². The van der Waals surface area contributed by atoms with Crippen molar-refractivity contribution in [1.82, 2.24) is 0 Å². The minimum absolute atomic E-state index is 0.193. The molecule has 176 valence electrons. The van der Waals surface area contributed by atoms with Crippen LogP contribution in [0.3, 0.4) is 0 Å². The molecule has 3 aromatic carbocycles. The van der Waals surface area contributed by atoms with E-state index >= 15 is 0 Å². The van der Waals surface area contributed by atoms with Crippen molar-refractivity contribution in [2.75, 3.05) is 26.4 Å². The lowest BCUT2D eigenvalue weighted by molar-refractivity contribution is -0.147. The van der Waals surface area contributed by atoms with Gasteiger partial charge in [-0.15, -0.1) is 0 Å². The Hall–Kier alpha value is -3.28. The Balaban J connectivity index is 1.98. The smallest absolute Gasteiger partial charge is 0.344 e. The number of hydrogen-bond acceptors (Lipinski definition) is 6. The zero-order valence-electron chi connectivity index (χ0n) is 20.0. The van der Waals surface area contributed by atoms with Crippen LogP contribution in [0, 0.1) is 18.8 Å². The van der Waals surface area contributed by atoms with Gasteiger partial charge in [-0.2, -0.15) is 0 Å². The first kappa shape index (κ1) is 24.4. The highest BCUT2D eigenvalue weighted by molar-refractivity contribution is 6.12. The van der Waals surface area contributed by atoms with Gasteiger partial charge in [-0.1, -0.05) is 70.2 Å². The molecular weight excluding hydrogens is 420 g/mol. The highest BCUT2D eigenvalue weighted by Crippen LogP contribution is 2.44. The van der Waals surface area contributed by atoms with E-state index in [4.69, 9.17) is 18.9 Å². The van der Waals surface area contributed by atoms with Crippen LogP contribution >= 0.6 is 0 Å². The molecule has 0 saturated heterocycles. The van der Waals surface area contributed by atoms with E-state index in [1.165, 1.54) is 0 Å². The van der Waals surface area contributed by atoms with Crippen LogP contribution in [-0.4, -0.2) is 38.4 Å². The summed E-state index contributed by atoms with van der Waals surface area (Å²) in [6.45, 7) is 10.2. The molecule has 0 fully saturated rings. The van der Waals surface area contributed by atoms with Crippen LogP contribution in [-0.2, 0) is 19.1 Å². The number of carbonyl (C=O) groups excluding carboxylic acids is 2. The van der Waals surface area contributed by atoms with E-state index in [1.54, 1.807) is 0 Å². The maximum absolute atomic E-state index is 12.2. The average molecular weight is 453 g/mol. The molecule has 0 radical (unpaired) electrons. The Bertz CT molecular complexity index is 1130. The minimum Gasteiger partial charge on any atom is -0.481 e. The predicted molar refractivity (Wildman–Crippen MR) is 129 cm³/mol. The van der Waals surface area contributed by atoms with Gasteiger partial charge in [-0.25, -0.2) is 9.59 Å². The summed E-state index contributed by atoms with van der Waals surface area (Å²) in [4.78, 5) is 24.4. The van der Waals surface area contributed by atoms with Crippen LogP contribution in [0.2, 0.25) is 0 Å². The monoisotopic (exact) mass is 452 g/mol. The van der Waals surface area contributed by atoms with Gasteiger partial charge < -0.3 is 18.9 Å². The Morgan fingerprint density at radius 3 is 1.73 bits per heavy atom. The molecule has 6 nitrogen and oxygen atoms in total. The summed E-state index contributed by atoms with van der Waals surface area (Å²) in [5.41, 5.74) is 0.969. The summed E-state index contributed by atoms with van der Waals surface area (Å²) in [6, 6.07) is 13.5. The van der Waals surface area contributed by atoms with E-state index in [9.17, 15) is 9.59 Å². The molecule has 0 spiro atoms. The molecule has 3 rings (SSSR count). The molecule has 0 aliphatic carbocycles. The number of aryl methyl sites for hydroxylation is 1. The zero-order valence-corrected chi connectivity index (χ0v) is 20.0. The van der Waals surface area contributed by atoms with Gasteiger partial charge in [0.25, 0.3) is 0 Å². The summed E-state index contributed by atoms with van der Waals surface area (Å²) < 4.78 is 22.6. The van der Waals surface area contributed by atoms with Crippen LogP contribution in [0.15, 0.2) is 42.5 Å². The van der Waals surface area contributed by atoms with Gasteiger partial charge >= 0.3 is 11.9 Å². The zero-order chi connectivity index (χ0) is 24.0. The van der Waals surface area contributed by atoms with E-state index in [0.717, 1.165) is 27.1 Å². The fourth-order valence-electron chi connectivity index (χ4n) is 3.49. The standard InChI is InChI=1S/C27H32O6/c1-17(2)13-30-23(28)15-32-26-20-10-6-7-11-21(20)27(25-19(5)9-8-12-22(25)26)33-16-24(29)31-14-18(3)4/h6-12,17-18H,13-16H2,1-5H3. The minimum atomic E-state index is -0.415. The Morgan fingerprint density at radius 2 is 1.18 bits per heavy atom. The van der Waals surface area contributed by atoms with E-state index in [2.05, 4.69) is 0 Å². The second-order valence-electron chi connectivity index (χ2n) is 8.93. The SMILES string of the molecule is Cc1cccc2c(OCC(=O)OCC(C)C)c3ccccc3c(OCC(=O)OCC(C)C)c12. The quantitative estimate of drug-likeness (QED) is 0.301. The third-order valence-corrected chi connectivity index (χ3v) is 4.98. The third-order valence-electron chi connectivity index (χ3n) is 4.98. The largest absolute Gasteiger partial charge is 0.481 e. The van der Waals surface area contributed by atoms with Gasteiger partial charge in [0.05, 0.1) is 13.2 Å². The summed E-state index contributed by atoms with van der Waals surface area (Å²) in [5, 5.41) is 3.22. The molecule has 0 atom stereocenters. The predicted octanol–water partition coefficient (Wildman–Crippen LogP) is 5.46. The van der Waals surface area contributed by atoms with Crippen molar-refractivity contribution < 1.29 is 28.5 Å². The molecule has 0 aromatic heterocycles. The first-order valence-electron chi connectivity index (χ1n) is 11.3. The summed E-state index contributed by atoms with van der Waals surface area (Å²) in [5.74, 6) is 0.850. The van der Waals surface area contributed by atoms with E-state index in [1.807, 2.05) is 77.1 Å². The summed E-state index contributed by atoms with van der Waals surface area (Å²) >= 11 is 0. The molecule has 0 unspecified atom stereocenters. The van der Waals surface area contributed by atoms with Gasteiger partial charge in [-0.05, 0) is 24.3 Å². The third kappa shape index (κ3) is 6.15. The van der Waals surface area contributed by atoms with Gasteiger partial charge in [0, 0.05) is 21.5 Å². The van der Waals surface area contributed by atoms with Crippen molar-refractivity contribution in [3.8, 4) is 11.5 Å². The van der Waals surface area contributed by atoms with Crippen molar-refractivity contribution in [3.63, 3.8) is 0 Å². The molecular formula is C27H32O6. The van der Waals surface area contributed by atoms with Crippen LogP contribution in [0.5, 0.6) is 11.5 Å². The summed E-state index contributed by atoms with van der Waals surface area (Å²) in [6.07, 6.45) is 0. The maximum Gasteiger partial charge on any atom is 0.344 e. The Kier molecular flexibility index (Phi) is 8.15. The van der Waals surface area contributed by atoms with Crippen molar-refractivity contribution in [3.05, 3.63) is 48.0 Å². The highest BCUT2D eigenvalue weighted by Gasteiger charge is 2.19. The normalized spacial score (nSPS) is 11.2. The number of rotatable bonds is 10. The van der Waals surface area contributed by atoms with Crippen molar-refractivity contribution >= 4 is 33.5 Å². The molecule has 0 heterocycles. The van der Waals surface area contributed by atoms with Crippen molar-refractivity contribution in [2.45, 2.75) is 34.6 Å². The molecule has 0 aliphatic rings. The lowest BCUT2D eigenvalue weighted by atomic mass is 9.97. The topological polar surface area (TPSA) is 71.1 Å². The number of carbonyl (C=O) groups is 2. The van der Waals surface area contributed by atoms with E-state index in [0.29, 0.717) is 24.7 Å². The van der Waals surface area contributed by atoms with Crippen LogP contribution < -0.4 is 9.47 Å². The van der Waals surface area contributed by atoms with Crippen LogP contribution in [0.25, 0.3) is 21.5 Å². The van der Waals surface area contributed by atoms with E-state index in [-0.39, 0.29) is 25.0 Å². The fraction of sp³-hybridized carbons (Fsp3) is 0.407. The number of fused-ring (bicyclic) bond motifs is 2. The second-order valence-corrected chi connectivity index (χ2v) is 8.93. The molecule has 0 amide bonds. The lowest BCUT2D eigenvalue weighted by Gasteiger charge is -2.19. The van der Waals surface area contributed by atoms with Gasteiger partial charge in [0.1, 0.15) is 11.5 Å². The first-order valence-corrected chi connectivity index (χ1v) is 11.3. The van der Waals surface area contributed by atoms with E-state index < -0.39 is 11.9 Å². The summed E-state index contributed by atoms with van der Waals surface area (Å²) in [7, 11) is 0. The van der Waals surface area contributed by atoms with Gasteiger partial charge in [0.2, 0.25) is 0 Å². The number of esters is 2. The van der Waals surface area contributed by atoms with Gasteiger partial charge in [0.15, 0.2) is 13.2 Å². The Labute approximate surface area is 194 Å². The Morgan fingerprint density at radius 1 is 0.697 bits per heavy atom. The fourth-order valence-corrected chi connectivity index (χ4v) is 3.49. The van der Waals surface area contributed by atoms with Crippen molar-refractivity contribution in [1.29, 1.82) is 0 Å². The molecule has 6 heteroatoms. The number of benzene rings is 3. The number of ether oxygens (including phenoxy) is 4. The molecule has 0 aliphatic heterocycles. The molecule has 3 aromatic rings. The van der Waals surface area contributed by atoms with Crippen LogP contribution in [0.4, 0.5) is 0 Å². The first-order chi connectivity index (χ1) is 15.8. The maximum atomic E-state index is 12.2. The second kappa shape index (κ2) is 11.0. The lowest BCUT2D eigenvalue weighted by Crippen LogP contribution is -2.18. The highest BCUT2D eigenvalue weighted by atomic mass is 16.6. The molecule has 0 N–H and O–H groups in total. The molecule has 33 heavy (non-hydrogen) atoms. The average Bonchev–Trinajstić information content (AvgIpc) is 2.78. The van der Waals surface area contributed by atoms with Crippen molar-refractivity contribution in [2.24, 2.45) is 11.8 Å². The molecule has 0 bridgehead atoms. The molecule has 0 saturated carbocycles.